The summed E-state index contributed by atoms with van der Waals surface area (Å²) in [4.78, 5) is 13.8. The lowest BCUT2D eigenvalue weighted by Crippen LogP contribution is -2.61. The fraction of sp³-hybridized carbons (Fsp3) is 0.583. The Kier molecular flexibility index (Phi) is 2.87. The van der Waals surface area contributed by atoms with Gasteiger partial charge in [0, 0.05) is 0 Å². The molecule has 0 aromatic carbocycles. The number of aliphatic hydroxyl groups is 1. The molecule has 92 valence electrons. The van der Waals surface area contributed by atoms with Crippen molar-refractivity contribution in [3.05, 3.63) is 23.0 Å². The number of carbonyl (C=O) groups excluding carboxylic acids is 1. The van der Waals surface area contributed by atoms with Gasteiger partial charge < -0.3 is 10.0 Å². The van der Waals surface area contributed by atoms with E-state index in [0.29, 0.717) is 30.8 Å². The predicted molar refractivity (Wildman–Crippen MR) is 62.7 cm³/mol. The molecule has 1 aliphatic rings. The first kappa shape index (κ1) is 12.0. The number of hydrogen-bond donors (Lipinski definition) is 1. The molecule has 1 aromatic rings. The number of hydrogen-bond acceptors (Lipinski definition) is 4. The molecule has 1 fully saturated rings. The Labute approximate surface area is 100 Å². The molecule has 2 rings (SSSR count). The van der Waals surface area contributed by atoms with Crippen LogP contribution in [-0.2, 0) is 6.42 Å². The number of amides is 1. The van der Waals surface area contributed by atoms with E-state index in [1.54, 1.807) is 17.9 Å². The summed E-state index contributed by atoms with van der Waals surface area (Å²) in [6.07, 6.45) is 0.679. The summed E-state index contributed by atoms with van der Waals surface area (Å²) in [5.74, 6) is -0.0635. The van der Waals surface area contributed by atoms with E-state index in [-0.39, 0.29) is 5.91 Å². The van der Waals surface area contributed by atoms with Crippen molar-refractivity contribution < 1.29 is 9.90 Å². The monoisotopic (exact) mass is 235 g/mol. The number of β-amino-alcohol motifs (C(OH)–C–C–N with tert-alkyl or cyclic N) is 1. The van der Waals surface area contributed by atoms with Crippen LogP contribution in [0.5, 0.6) is 0 Å². The van der Waals surface area contributed by atoms with E-state index in [4.69, 9.17) is 0 Å². The normalized spacial score (nSPS) is 17.8. The van der Waals surface area contributed by atoms with Crippen LogP contribution in [0.25, 0.3) is 0 Å². The molecule has 5 heteroatoms. The SMILES string of the molecule is CCc1nnc(C)cc1C(=O)N1CC(C)(O)C1. The largest absolute Gasteiger partial charge is 0.386 e. The third kappa shape index (κ3) is 2.29. The molecule has 0 atom stereocenters. The van der Waals surface area contributed by atoms with Crippen LogP contribution in [0.1, 0.15) is 35.6 Å². The fourth-order valence-corrected chi connectivity index (χ4v) is 2.05. The zero-order chi connectivity index (χ0) is 12.6. The van der Waals surface area contributed by atoms with Gasteiger partial charge in [-0.15, -0.1) is 0 Å². The Balaban J connectivity index is 2.22. The average Bonchev–Trinajstić information content (AvgIpc) is 2.24. The summed E-state index contributed by atoms with van der Waals surface area (Å²) in [7, 11) is 0. The average molecular weight is 235 g/mol. The van der Waals surface area contributed by atoms with Gasteiger partial charge in [-0.1, -0.05) is 6.92 Å². The van der Waals surface area contributed by atoms with Crippen LogP contribution in [0, 0.1) is 6.92 Å². The summed E-state index contributed by atoms with van der Waals surface area (Å²) >= 11 is 0. The van der Waals surface area contributed by atoms with Gasteiger partial charge in [-0.3, -0.25) is 4.79 Å². The lowest BCUT2D eigenvalue weighted by atomic mass is 9.95. The smallest absolute Gasteiger partial charge is 0.256 e. The molecule has 0 saturated carbocycles. The van der Waals surface area contributed by atoms with E-state index in [1.165, 1.54) is 0 Å². The van der Waals surface area contributed by atoms with E-state index >= 15 is 0 Å². The summed E-state index contributed by atoms with van der Waals surface area (Å²) in [6.45, 7) is 6.26. The van der Waals surface area contributed by atoms with Gasteiger partial charge >= 0.3 is 0 Å². The summed E-state index contributed by atoms with van der Waals surface area (Å²) in [6, 6.07) is 1.77. The lowest BCUT2D eigenvalue weighted by molar-refractivity contribution is -0.0669. The molecule has 1 aliphatic heterocycles. The minimum Gasteiger partial charge on any atom is -0.386 e. The van der Waals surface area contributed by atoms with Crippen LogP contribution in [0.2, 0.25) is 0 Å². The van der Waals surface area contributed by atoms with Crippen molar-refractivity contribution in [2.24, 2.45) is 0 Å². The molecule has 0 unspecified atom stereocenters. The highest BCUT2D eigenvalue weighted by Crippen LogP contribution is 2.23. The molecule has 0 radical (unpaired) electrons. The van der Waals surface area contributed by atoms with Gasteiger partial charge in [0.1, 0.15) is 0 Å². The second kappa shape index (κ2) is 4.07. The van der Waals surface area contributed by atoms with Crippen LogP contribution in [-0.4, -0.2) is 44.8 Å². The van der Waals surface area contributed by atoms with Crippen molar-refractivity contribution in [2.75, 3.05) is 13.1 Å². The number of aromatic nitrogens is 2. The van der Waals surface area contributed by atoms with Crippen LogP contribution >= 0.6 is 0 Å². The molecule has 1 saturated heterocycles. The highest BCUT2D eigenvalue weighted by atomic mass is 16.3. The van der Waals surface area contributed by atoms with Crippen LogP contribution in [0.4, 0.5) is 0 Å². The predicted octanol–water partition coefficient (Wildman–Crippen LogP) is 0.554. The standard InChI is InChI=1S/C12H17N3O2/c1-4-10-9(5-8(2)13-14-10)11(16)15-6-12(3,17)7-15/h5,17H,4,6-7H2,1-3H3. The highest BCUT2D eigenvalue weighted by molar-refractivity contribution is 5.96. The quantitative estimate of drug-likeness (QED) is 0.813. The van der Waals surface area contributed by atoms with Gasteiger partial charge in [-0.2, -0.15) is 10.2 Å². The Morgan fingerprint density at radius 1 is 1.53 bits per heavy atom. The Morgan fingerprint density at radius 2 is 2.18 bits per heavy atom. The van der Waals surface area contributed by atoms with Gasteiger partial charge in [0.05, 0.1) is 35.6 Å². The number of likely N-dealkylation sites (tertiary alicyclic amines) is 1. The van der Waals surface area contributed by atoms with Gasteiger partial charge in [0.25, 0.3) is 5.91 Å². The molecule has 5 nitrogen and oxygen atoms in total. The number of carbonyl (C=O) groups is 1. The zero-order valence-electron chi connectivity index (χ0n) is 10.4. The third-order valence-electron chi connectivity index (χ3n) is 2.91. The Hall–Kier alpha value is -1.49. The molecule has 2 heterocycles. The fourth-order valence-electron chi connectivity index (χ4n) is 2.05. The first-order valence-electron chi connectivity index (χ1n) is 5.78. The van der Waals surface area contributed by atoms with Crippen molar-refractivity contribution >= 4 is 5.91 Å². The van der Waals surface area contributed by atoms with Gasteiger partial charge in [-0.25, -0.2) is 0 Å². The molecule has 0 bridgehead atoms. The van der Waals surface area contributed by atoms with E-state index in [1.807, 2.05) is 13.8 Å². The van der Waals surface area contributed by atoms with Gasteiger partial charge in [0.2, 0.25) is 0 Å². The summed E-state index contributed by atoms with van der Waals surface area (Å²) in [5.41, 5.74) is 1.32. The molecule has 1 amide bonds. The number of nitrogens with zero attached hydrogens (tertiary/aromatic N) is 3. The van der Waals surface area contributed by atoms with Crippen molar-refractivity contribution in [1.29, 1.82) is 0 Å². The molecule has 0 spiro atoms. The maximum Gasteiger partial charge on any atom is 0.256 e. The molecule has 0 aliphatic carbocycles. The Morgan fingerprint density at radius 3 is 2.71 bits per heavy atom. The van der Waals surface area contributed by atoms with Gasteiger partial charge in [0.15, 0.2) is 0 Å². The van der Waals surface area contributed by atoms with Crippen molar-refractivity contribution in [2.45, 2.75) is 32.8 Å². The second-order valence-electron chi connectivity index (χ2n) is 4.86. The molecular formula is C12H17N3O2. The van der Waals surface area contributed by atoms with E-state index in [9.17, 15) is 9.90 Å². The zero-order valence-corrected chi connectivity index (χ0v) is 10.4. The molecular weight excluding hydrogens is 218 g/mol. The minimum absolute atomic E-state index is 0.0635. The number of aryl methyl sites for hydroxylation is 2. The molecule has 17 heavy (non-hydrogen) atoms. The third-order valence-corrected chi connectivity index (χ3v) is 2.91. The maximum atomic E-state index is 12.2. The van der Waals surface area contributed by atoms with E-state index < -0.39 is 5.60 Å². The van der Waals surface area contributed by atoms with E-state index in [0.717, 1.165) is 5.69 Å². The van der Waals surface area contributed by atoms with Crippen molar-refractivity contribution in [3.63, 3.8) is 0 Å². The first-order valence-corrected chi connectivity index (χ1v) is 5.78. The number of rotatable bonds is 2. The topological polar surface area (TPSA) is 66.3 Å². The Bertz CT molecular complexity index is 449. The van der Waals surface area contributed by atoms with Crippen molar-refractivity contribution in [3.8, 4) is 0 Å². The molecule has 1 aromatic heterocycles. The summed E-state index contributed by atoms with van der Waals surface area (Å²) < 4.78 is 0. The molecule has 1 N–H and O–H groups in total. The van der Waals surface area contributed by atoms with E-state index in [2.05, 4.69) is 10.2 Å². The van der Waals surface area contributed by atoms with Crippen LogP contribution in [0.15, 0.2) is 6.07 Å². The van der Waals surface area contributed by atoms with Crippen molar-refractivity contribution in [1.82, 2.24) is 15.1 Å². The maximum absolute atomic E-state index is 12.2. The minimum atomic E-state index is -0.739. The van der Waals surface area contributed by atoms with Gasteiger partial charge in [-0.05, 0) is 26.3 Å². The summed E-state index contributed by atoms with van der Waals surface area (Å²) in [5, 5.41) is 17.6. The first-order chi connectivity index (χ1) is 7.93. The van der Waals surface area contributed by atoms with Crippen LogP contribution < -0.4 is 0 Å². The second-order valence-corrected chi connectivity index (χ2v) is 4.86. The lowest BCUT2D eigenvalue weighted by Gasteiger charge is -2.44. The van der Waals surface area contributed by atoms with Crippen LogP contribution in [0.3, 0.4) is 0 Å². The highest BCUT2D eigenvalue weighted by Gasteiger charge is 2.40.